The van der Waals surface area contributed by atoms with Crippen LogP contribution in [0.4, 0.5) is 35.1 Å². The third kappa shape index (κ3) is 12.6. The molecule has 2 bridgehead atoms. The van der Waals surface area contributed by atoms with Crippen LogP contribution in [0.2, 0.25) is 20.1 Å². The Bertz CT molecular complexity index is 4820. The van der Waals surface area contributed by atoms with Crippen molar-refractivity contribution in [2.75, 3.05) is 19.8 Å². The van der Waals surface area contributed by atoms with Crippen LogP contribution in [0.3, 0.4) is 0 Å². The molecule has 12 nitrogen and oxygen atoms in total. The van der Waals surface area contributed by atoms with Crippen LogP contribution >= 0.6 is 46.4 Å². The molecule has 0 amide bonds. The van der Waals surface area contributed by atoms with Gasteiger partial charge in [0.15, 0.2) is 85.7 Å². The smallest absolute Gasteiger partial charge is 0.188 e. The molecule has 552 valence electrons. The average Bonchev–Trinajstić information content (AvgIpc) is 0.871. The van der Waals surface area contributed by atoms with E-state index >= 15 is 0 Å². The summed E-state index contributed by atoms with van der Waals surface area (Å²) in [6, 6.07) is 31.4. The Morgan fingerprint density at radius 3 is 1.04 bits per heavy atom. The predicted octanol–water partition coefficient (Wildman–Crippen LogP) is 19.6. The van der Waals surface area contributed by atoms with Crippen LogP contribution in [0, 0.1) is 64.3 Å². The van der Waals surface area contributed by atoms with E-state index in [4.69, 9.17) is 65.4 Å². The fourth-order valence-electron chi connectivity index (χ4n) is 17.1. The van der Waals surface area contributed by atoms with Gasteiger partial charge in [-0.25, -0.2) is 68.8 Å². The first kappa shape index (κ1) is 75.6. The second kappa shape index (κ2) is 29.2. The first-order valence-corrected chi connectivity index (χ1v) is 41.4. The largest absolute Gasteiger partial charge is 0.493 e. The van der Waals surface area contributed by atoms with Gasteiger partial charge in [-0.1, -0.05) is 91.3 Å². The van der Waals surface area contributed by atoms with Gasteiger partial charge in [0.2, 0.25) is 0 Å². The molecule has 28 heteroatoms. The predicted molar refractivity (Wildman–Crippen MR) is 377 cm³/mol. The molecule has 4 aliphatic carbocycles. The Labute approximate surface area is 618 Å². The van der Waals surface area contributed by atoms with Crippen molar-refractivity contribution in [3.63, 3.8) is 0 Å². The maximum Gasteiger partial charge on any atom is 0.188 e. The molecule has 16 rings (SSSR count). The molecule has 0 saturated heterocycles. The van der Waals surface area contributed by atoms with E-state index in [0.29, 0.717) is 71.5 Å². The zero-order valence-corrected chi connectivity index (χ0v) is 61.7. The van der Waals surface area contributed by atoms with Crippen LogP contribution in [0.1, 0.15) is 131 Å². The van der Waals surface area contributed by atoms with E-state index < -0.39 is 129 Å². The molecule has 0 unspecified atom stereocenters. The van der Waals surface area contributed by atoms with Gasteiger partial charge in [0.1, 0.15) is 48.3 Å². The number of ether oxygens (including phenoxy) is 4. The van der Waals surface area contributed by atoms with Gasteiger partial charge in [0.05, 0.1) is 61.7 Å². The molecule has 8 aromatic rings. The summed E-state index contributed by atoms with van der Waals surface area (Å²) >= 11 is 23.5. The van der Waals surface area contributed by atoms with Crippen LogP contribution in [-0.2, 0) is 58.3 Å². The molecular formula is C76H68Cl4F8O12S4. The molecule has 0 radical (unpaired) electrons. The number of benzene rings is 8. The molecule has 0 spiro atoms. The molecule has 8 aliphatic rings. The highest BCUT2D eigenvalue weighted by Gasteiger charge is 2.62. The third-order valence-corrected chi connectivity index (χ3v) is 33.2. The van der Waals surface area contributed by atoms with Gasteiger partial charge in [-0.05, 0) is 203 Å². The van der Waals surface area contributed by atoms with E-state index in [9.17, 15) is 68.8 Å². The molecule has 104 heavy (non-hydrogen) atoms. The lowest BCUT2D eigenvalue weighted by Gasteiger charge is -2.47. The van der Waals surface area contributed by atoms with Crippen LogP contribution in [0.15, 0.2) is 165 Å². The lowest BCUT2D eigenvalue weighted by atomic mass is 9.73. The topological polar surface area (TPSA) is 173 Å². The van der Waals surface area contributed by atoms with Crippen molar-refractivity contribution in [3.05, 3.63) is 234 Å². The zero-order chi connectivity index (χ0) is 74.1. The van der Waals surface area contributed by atoms with Crippen molar-refractivity contribution in [2.45, 2.75) is 154 Å². The number of sulfone groups is 4. The van der Waals surface area contributed by atoms with Crippen molar-refractivity contribution >= 4 is 85.8 Å². The molecule has 0 N–H and O–H groups in total. The molecule has 4 saturated carbocycles. The monoisotopic (exact) mass is 1590 g/mol. The molecule has 8 atom stereocenters. The maximum absolute atomic E-state index is 14.9. The summed E-state index contributed by atoms with van der Waals surface area (Å²) in [5.41, 5.74) is -0.666. The number of rotatable bonds is 8. The second-order valence-corrected chi connectivity index (χ2v) is 38.0. The molecule has 4 aliphatic heterocycles. The van der Waals surface area contributed by atoms with Gasteiger partial charge in [0.25, 0.3) is 0 Å². The normalized spacial score (nSPS) is 25.1. The Morgan fingerprint density at radius 2 is 0.635 bits per heavy atom. The van der Waals surface area contributed by atoms with Gasteiger partial charge < -0.3 is 18.9 Å². The minimum Gasteiger partial charge on any atom is -0.493 e. The van der Waals surface area contributed by atoms with Crippen molar-refractivity contribution in [1.82, 2.24) is 0 Å². The van der Waals surface area contributed by atoms with Gasteiger partial charge in [-0.15, -0.1) is 0 Å². The number of hydrogen-bond acceptors (Lipinski definition) is 12. The summed E-state index contributed by atoms with van der Waals surface area (Å²) in [6.07, 6.45) is 8.68. The third-order valence-electron chi connectivity index (χ3n) is 21.9. The summed E-state index contributed by atoms with van der Waals surface area (Å²) in [7, 11) is -16.0. The number of fused-ring (bicyclic) bond motifs is 13. The van der Waals surface area contributed by atoms with Crippen LogP contribution in [0.5, 0.6) is 23.0 Å². The van der Waals surface area contributed by atoms with Gasteiger partial charge in [-0.2, -0.15) is 0 Å². The Balaban J connectivity index is 0.000000123. The van der Waals surface area contributed by atoms with E-state index in [1.807, 2.05) is 0 Å². The fourth-order valence-corrected chi connectivity index (χ4v) is 27.1. The molecule has 4 heterocycles. The molecular weight excluding hydrogens is 1530 g/mol. The summed E-state index contributed by atoms with van der Waals surface area (Å²) in [5.74, 6) is -8.65. The van der Waals surface area contributed by atoms with Crippen LogP contribution in [0.25, 0.3) is 0 Å². The fraction of sp³-hybridized carbons (Fsp3) is 0.368. The van der Waals surface area contributed by atoms with Gasteiger partial charge in [-0.3, -0.25) is 0 Å². The molecule has 0 aromatic heterocycles. The molecule has 8 aromatic carbocycles. The lowest BCUT2D eigenvalue weighted by Crippen LogP contribution is -2.50. The molecule has 4 fully saturated rings. The lowest BCUT2D eigenvalue weighted by molar-refractivity contribution is 0.124. The van der Waals surface area contributed by atoms with Crippen molar-refractivity contribution in [1.29, 1.82) is 0 Å². The van der Waals surface area contributed by atoms with Gasteiger partial charge >= 0.3 is 0 Å². The summed E-state index contributed by atoms with van der Waals surface area (Å²) in [4.78, 5) is 0.236. The highest BCUT2D eigenvalue weighted by molar-refractivity contribution is 7.93. The van der Waals surface area contributed by atoms with E-state index in [0.717, 1.165) is 68.1 Å². The standard InChI is InChI=1S/4C19H17ClF2O3S/c20-12-4-6-14(7-5-12)26(23,24)19-10-2-1-3-13(11-19)25-18-16(22)9-8-15(21)17(18)19;20-13-4-6-14(7-5-13)26(23,24)19-10-2-1-3-12(19)11-25-16-9-8-15(21)18(22)17(16)19;2*20-13-4-6-14(7-5-13)26(23,24)19-10-2-1-3-12(19)11-25-18-16(22)9-8-15(21)17(18)19/h4-9,13H,1-3,10-11H2;3*4-9,12H,1-3,10-11H2/t13-,19-;3*12-,19+/m0011/s1. The van der Waals surface area contributed by atoms with E-state index in [2.05, 4.69) is 0 Å². The Hall–Kier alpha value is -6.64. The van der Waals surface area contributed by atoms with E-state index in [-0.39, 0.29) is 117 Å². The summed E-state index contributed by atoms with van der Waals surface area (Å²) < 4.78 is 242. The Kier molecular flexibility index (Phi) is 21.2. The second-order valence-electron chi connectivity index (χ2n) is 27.4. The first-order chi connectivity index (χ1) is 49.5. The van der Waals surface area contributed by atoms with Crippen molar-refractivity contribution in [2.24, 2.45) is 17.8 Å². The van der Waals surface area contributed by atoms with E-state index in [1.54, 1.807) is 0 Å². The highest BCUT2D eigenvalue weighted by Crippen LogP contribution is 2.61. The zero-order valence-electron chi connectivity index (χ0n) is 55.4. The van der Waals surface area contributed by atoms with Gasteiger partial charge in [0, 0.05) is 44.3 Å². The number of halogens is 12. The van der Waals surface area contributed by atoms with E-state index in [1.165, 1.54) is 103 Å². The summed E-state index contributed by atoms with van der Waals surface area (Å²) in [5, 5.41) is 1.63. The van der Waals surface area contributed by atoms with Crippen LogP contribution in [-0.4, -0.2) is 59.6 Å². The summed E-state index contributed by atoms with van der Waals surface area (Å²) in [6.45, 7) is 0.283. The number of hydrogen-bond donors (Lipinski definition) is 0. The van der Waals surface area contributed by atoms with Crippen LogP contribution < -0.4 is 18.9 Å². The SMILES string of the molecule is O=S(=O)(c1ccc(Cl)cc1)[C@@]12CCCC[C@@H](C1)Oc1c(F)ccc(F)c12.O=S(=O)(c1ccc(Cl)cc1)[C@@]12CCCC[C@@H]1COc1c(F)ccc(F)c12.O=S(=O)(c1ccc(Cl)cc1)[C@@]12CCCC[C@@H]1COc1c(F)ccc(F)c12.O=S(=O)(c1ccc(Cl)cc1)[C@]12CCCC[C@H]1COc1ccc(F)c(F)c12. The minimum atomic E-state index is -4.00. The minimum absolute atomic E-state index is 0.0547. The average molecular weight is 1600 g/mol. The van der Waals surface area contributed by atoms with Crippen molar-refractivity contribution < 1.29 is 87.7 Å². The quantitative estimate of drug-likeness (QED) is 0.132. The highest BCUT2D eigenvalue weighted by atomic mass is 35.5. The Morgan fingerprint density at radius 1 is 0.317 bits per heavy atom. The maximum atomic E-state index is 14.9. The first-order valence-electron chi connectivity index (χ1n) is 34.0. The van der Waals surface area contributed by atoms with Crippen molar-refractivity contribution in [3.8, 4) is 23.0 Å².